The Bertz CT molecular complexity index is 490. The minimum Gasteiger partial charge on any atom is -0.313 e. The Hall–Kier alpha value is -0.580. The Morgan fingerprint density at radius 3 is 2.75 bits per heavy atom. The van der Waals surface area contributed by atoms with Gasteiger partial charge in [-0.3, -0.25) is 0 Å². The van der Waals surface area contributed by atoms with E-state index in [1.165, 1.54) is 11.3 Å². The van der Waals surface area contributed by atoms with E-state index in [9.17, 15) is 0 Å². The number of halogens is 2. The van der Waals surface area contributed by atoms with Gasteiger partial charge in [-0.25, -0.2) is 0 Å². The van der Waals surface area contributed by atoms with Crippen molar-refractivity contribution in [1.82, 2.24) is 14.8 Å². The van der Waals surface area contributed by atoms with Crippen molar-refractivity contribution in [3.8, 4) is 11.4 Å². The summed E-state index contributed by atoms with van der Waals surface area (Å²) >= 11 is 13.4. The van der Waals surface area contributed by atoms with E-state index < -0.39 is 0 Å². The summed E-state index contributed by atoms with van der Waals surface area (Å²) in [5, 5.41) is 8.01. The number of hydrogen-bond donors (Lipinski definition) is 0. The van der Waals surface area contributed by atoms with Gasteiger partial charge in [0.25, 0.3) is 0 Å². The fourth-order valence-corrected chi connectivity index (χ4v) is 2.94. The van der Waals surface area contributed by atoms with Gasteiger partial charge in [0.1, 0.15) is 10.7 Å². The second-order valence-electron chi connectivity index (χ2n) is 3.94. The van der Waals surface area contributed by atoms with E-state index >= 15 is 0 Å². The first kappa shape index (κ1) is 11.9. The minimum absolute atomic E-state index is 0.530. The summed E-state index contributed by atoms with van der Waals surface area (Å²) in [7, 11) is 0. The normalized spacial score (nSPS) is 11.3. The molecule has 16 heavy (non-hydrogen) atoms. The van der Waals surface area contributed by atoms with Crippen LogP contribution in [0.2, 0.25) is 8.67 Å². The monoisotopic (exact) mass is 275 g/mol. The second kappa shape index (κ2) is 4.73. The summed E-state index contributed by atoms with van der Waals surface area (Å²) in [6, 6.07) is 1.83. The van der Waals surface area contributed by atoms with Crippen LogP contribution in [0.1, 0.15) is 13.8 Å². The fraction of sp³-hybridized carbons (Fsp3) is 0.400. The van der Waals surface area contributed by atoms with Crippen molar-refractivity contribution in [3.63, 3.8) is 0 Å². The van der Waals surface area contributed by atoms with Crippen molar-refractivity contribution in [2.75, 3.05) is 0 Å². The van der Waals surface area contributed by atoms with Crippen LogP contribution in [0.5, 0.6) is 0 Å². The molecule has 0 aliphatic rings. The van der Waals surface area contributed by atoms with Gasteiger partial charge in [0, 0.05) is 6.54 Å². The first-order chi connectivity index (χ1) is 7.58. The Balaban J connectivity index is 2.40. The van der Waals surface area contributed by atoms with Gasteiger partial charge in [-0.05, 0) is 12.0 Å². The molecule has 0 N–H and O–H groups in total. The van der Waals surface area contributed by atoms with Crippen LogP contribution in [0, 0.1) is 5.92 Å². The Kier molecular flexibility index (Phi) is 3.52. The average molecular weight is 276 g/mol. The zero-order valence-electron chi connectivity index (χ0n) is 8.94. The molecule has 0 bridgehead atoms. The van der Waals surface area contributed by atoms with E-state index in [0.29, 0.717) is 14.6 Å². The first-order valence-corrected chi connectivity index (χ1v) is 6.48. The van der Waals surface area contributed by atoms with Gasteiger partial charge in [-0.2, -0.15) is 0 Å². The Morgan fingerprint density at radius 2 is 2.19 bits per heavy atom. The molecule has 2 rings (SSSR count). The Labute approximate surface area is 108 Å². The molecule has 0 atom stereocenters. The standard InChI is InChI=1S/C10H11Cl2N3S/c1-6(2)4-15-5-13-14-10(15)7-3-8(11)16-9(7)12/h3,5-6H,4H2,1-2H3. The highest BCUT2D eigenvalue weighted by Crippen LogP contribution is 2.37. The molecule has 0 fully saturated rings. The molecule has 6 heteroatoms. The lowest BCUT2D eigenvalue weighted by Gasteiger charge is -2.08. The summed E-state index contributed by atoms with van der Waals surface area (Å²) in [5.74, 6) is 1.31. The maximum absolute atomic E-state index is 6.10. The zero-order valence-corrected chi connectivity index (χ0v) is 11.3. The molecular weight excluding hydrogens is 265 g/mol. The van der Waals surface area contributed by atoms with Crippen molar-refractivity contribution in [1.29, 1.82) is 0 Å². The van der Waals surface area contributed by atoms with Crippen molar-refractivity contribution in [2.45, 2.75) is 20.4 Å². The van der Waals surface area contributed by atoms with Crippen molar-refractivity contribution < 1.29 is 0 Å². The maximum atomic E-state index is 6.10. The molecule has 3 nitrogen and oxygen atoms in total. The van der Waals surface area contributed by atoms with Gasteiger partial charge in [0.15, 0.2) is 5.82 Å². The Morgan fingerprint density at radius 1 is 1.44 bits per heavy atom. The van der Waals surface area contributed by atoms with E-state index in [2.05, 4.69) is 24.0 Å². The number of rotatable bonds is 3. The summed E-state index contributed by atoms with van der Waals surface area (Å²) < 4.78 is 3.32. The molecule has 2 aromatic heterocycles. The predicted octanol–water partition coefficient (Wildman–Crippen LogP) is 3.97. The van der Waals surface area contributed by atoms with Crippen molar-refractivity contribution in [2.24, 2.45) is 5.92 Å². The minimum atomic E-state index is 0.530. The summed E-state index contributed by atoms with van der Waals surface area (Å²) in [4.78, 5) is 0. The van der Waals surface area contributed by atoms with Gasteiger partial charge in [0.05, 0.1) is 9.90 Å². The third-order valence-electron chi connectivity index (χ3n) is 2.07. The molecule has 2 aromatic rings. The van der Waals surface area contributed by atoms with Gasteiger partial charge >= 0.3 is 0 Å². The van der Waals surface area contributed by atoms with Gasteiger partial charge in [-0.15, -0.1) is 21.5 Å². The highest BCUT2D eigenvalue weighted by Gasteiger charge is 2.14. The van der Waals surface area contributed by atoms with Crippen LogP contribution in [0.4, 0.5) is 0 Å². The molecule has 0 saturated carbocycles. The van der Waals surface area contributed by atoms with Crippen LogP contribution in [-0.4, -0.2) is 14.8 Å². The van der Waals surface area contributed by atoms with E-state index in [1.807, 2.05) is 10.6 Å². The number of aromatic nitrogens is 3. The summed E-state index contributed by atoms with van der Waals surface area (Å²) in [6.45, 7) is 5.16. The van der Waals surface area contributed by atoms with E-state index in [4.69, 9.17) is 23.2 Å². The molecule has 0 spiro atoms. The number of nitrogens with zero attached hydrogens (tertiary/aromatic N) is 3. The third-order valence-corrected chi connectivity index (χ3v) is 3.56. The van der Waals surface area contributed by atoms with Gasteiger partial charge in [0.2, 0.25) is 0 Å². The molecule has 0 saturated heterocycles. The van der Waals surface area contributed by atoms with Crippen LogP contribution in [0.3, 0.4) is 0 Å². The van der Waals surface area contributed by atoms with E-state index in [1.54, 1.807) is 6.33 Å². The second-order valence-corrected chi connectivity index (χ2v) is 6.22. The smallest absolute Gasteiger partial charge is 0.166 e. The molecule has 0 aliphatic carbocycles. The third kappa shape index (κ3) is 2.39. The molecule has 0 aromatic carbocycles. The fourth-order valence-electron chi connectivity index (χ4n) is 1.48. The van der Waals surface area contributed by atoms with Crippen LogP contribution in [0.15, 0.2) is 12.4 Å². The number of thiophene rings is 1. The molecular formula is C10H11Cl2N3S. The zero-order chi connectivity index (χ0) is 11.7. The summed E-state index contributed by atoms with van der Waals surface area (Å²) in [5.41, 5.74) is 0.856. The van der Waals surface area contributed by atoms with E-state index in [-0.39, 0.29) is 0 Å². The van der Waals surface area contributed by atoms with Gasteiger partial charge in [-0.1, -0.05) is 37.0 Å². The van der Waals surface area contributed by atoms with Crippen LogP contribution in [-0.2, 0) is 6.54 Å². The summed E-state index contributed by atoms with van der Waals surface area (Å²) in [6.07, 6.45) is 1.72. The average Bonchev–Trinajstić information content (AvgIpc) is 2.72. The lowest BCUT2D eigenvalue weighted by molar-refractivity contribution is 0.525. The van der Waals surface area contributed by atoms with Crippen LogP contribution >= 0.6 is 34.5 Å². The molecule has 0 aliphatic heterocycles. The van der Waals surface area contributed by atoms with Gasteiger partial charge < -0.3 is 4.57 Å². The highest BCUT2D eigenvalue weighted by atomic mass is 35.5. The highest BCUT2D eigenvalue weighted by molar-refractivity contribution is 7.20. The molecule has 2 heterocycles. The molecule has 0 radical (unpaired) electrons. The molecule has 0 unspecified atom stereocenters. The topological polar surface area (TPSA) is 30.7 Å². The molecule has 0 amide bonds. The number of hydrogen-bond acceptors (Lipinski definition) is 3. The maximum Gasteiger partial charge on any atom is 0.166 e. The molecule has 86 valence electrons. The largest absolute Gasteiger partial charge is 0.313 e. The lowest BCUT2D eigenvalue weighted by Crippen LogP contribution is -2.04. The van der Waals surface area contributed by atoms with Crippen molar-refractivity contribution in [3.05, 3.63) is 21.1 Å². The van der Waals surface area contributed by atoms with Crippen LogP contribution in [0.25, 0.3) is 11.4 Å². The van der Waals surface area contributed by atoms with Crippen LogP contribution < -0.4 is 0 Å². The van der Waals surface area contributed by atoms with Crippen molar-refractivity contribution >= 4 is 34.5 Å². The first-order valence-electron chi connectivity index (χ1n) is 4.91. The lowest BCUT2D eigenvalue weighted by atomic mass is 10.2. The van der Waals surface area contributed by atoms with E-state index in [0.717, 1.165) is 17.9 Å². The quantitative estimate of drug-likeness (QED) is 0.849. The predicted molar refractivity (Wildman–Crippen MR) is 68.2 cm³/mol. The SMILES string of the molecule is CC(C)Cn1cnnc1-c1cc(Cl)sc1Cl.